The van der Waals surface area contributed by atoms with Crippen molar-refractivity contribution in [2.45, 2.75) is 24.8 Å². The smallest absolute Gasteiger partial charge is 0.123 e. The molecule has 2 nitrogen and oxygen atoms in total. The summed E-state index contributed by atoms with van der Waals surface area (Å²) >= 11 is 6.01. The monoisotopic (exact) mass is 300 g/mol. The van der Waals surface area contributed by atoms with E-state index >= 15 is 0 Å². The lowest BCUT2D eigenvalue weighted by molar-refractivity contribution is 0.373. The second kappa shape index (κ2) is 5.75. The second-order valence-electron chi connectivity index (χ2n) is 5.37. The molecule has 1 aliphatic carbocycles. The molecule has 0 aliphatic heterocycles. The van der Waals surface area contributed by atoms with E-state index in [1.165, 1.54) is 6.07 Å². The normalized spacial score (nSPS) is 20.4. The topological polar surface area (TPSA) is 35.8 Å². The lowest BCUT2D eigenvalue weighted by Crippen LogP contribution is -2.34. The molecule has 0 spiro atoms. The largest absolute Gasteiger partial charge is 0.382 e. The Morgan fingerprint density at radius 2 is 2.00 bits per heavy atom. The fraction of sp³-hybridized carbons (Fsp3) is 0.235. The SMILES string of the molecule is N#Cc1ccc(NC2CC(c3cccc(F)c3)C2)cc1Cl. The number of nitrogens with zero attached hydrogens (tertiary/aromatic N) is 1. The van der Waals surface area contributed by atoms with Crippen LogP contribution in [0.5, 0.6) is 0 Å². The van der Waals surface area contributed by atoms with Crippen LogP contribution in [0.15, 0.2) is 42.5 Å². The maximum absolute atomic E-state index is 13.2. The standard InChI is InChI=1S/C17H14ClFN2/c18-17-9-15(5-4-12(17)10-20)21-16-7-13(8-16)11-2-1-3-14(19)6-11/h1-6,9,13,16,21H,7-8H2. The Bertz CT molecular complexity index is 702. The van der Waals surface area contributed by atoms with E-state index in [4.69, 9.17) is 16.9 Å². The number of anilines is 1. The van der Waals surface area contributed by atoms with Crippen molar-refractivity contribution < 1.29 is 4.39 Å². The van der Waals surface area contributed by atoms with E-state index in [0.29, 0.717) is 22.5 Å². The molecule has 0 amide bonds. The van der Waals surface area contributed by atoms with Gasteiger partial charge in [0.05, 0.1) is 10.6 Å². The predicted molar refractivity (Wildman–Crippen MR) is 82.0 cm³/mol. The van der Waals surface area contributed by atoms with Gasteiger partial charge in [0, 0.05) is 11.7 Å². The van der Waals surface area contributed by atoms with E-state index in [9.17, 15) is 4.39 Å². The summed E-state index contributed by atoms with van der Waals surface area (Å²) < 4.78 is 13.2. The summed E-state index contributed by atoms with van der Waals surface area (Å²) in [6, 6.07) is 14.6. The van der Waals surface area contributed by atoms with E-state index < -0.39 is 0 Å². The fourth-order valence-electron chi connectivity index (χ4n) is 2.70. The summed E-state index contributed by atoms with van der Waals surface area (Å²) in [4.78, 5) is 0. The van der Waals surface area contributed by atoms with Crippen LogP contribution in [0, 0.1) is 17.1 Å². The van der Waals surface area contributed by atoms with Gasteiger partial charge >= 0.3 is 0 Å². The quantitative estimate of drug-likeness (QED) is 0.891. The molecule has 1 N–H and O–H groups in total. The minimum atomic E-state index is -0.178. The number of nitrogens with one attached hydrogen (secondary N) is 1. The number of benzene rings is 2. The van der Waals surface area contributed by atoms with Crippen LogP contribution in [0.25, 0.3) is 0 Å². The van der Waals surface area contributed by atoms with Gasteiger partial charge in [-0.25, -0.2) is 4.39 Å². The highest BCUT2D eigenvalue weighted by molar-refractivity contribution is 6.32. The molecule has 2 aromatic rings. The van der Waals surface area contributed by atoms with Gasteiger partial charge in [0.15, 0.2) is 0 Å². The minimum Gasteiger partial charge on any atom is -0.382 e. The third kappa shape index (κ3) is 3.01. The minimum absolute atomic E-state index is 0.178. The van der Waals surface area contributed by atoms with Gasteiger partial charge in [0.1, 0.15) is 11.9 Å². The molecule has 3 rings (SSSR count). The van der Waals surface area contributed by atoms with Crippen molar-refractivity contribution in [3.63, 3.8) is 0 Å². The van der Waals surface area contributed by atoms with Gasteiger partial charge in [-0.15, -0.1) is 0 Å². The molecule has 0 aromatic heterocycles. The first-order valence-corrected chi connectivity index (χ1v) is 7.25. The Morgan fingerprint density at radius 3 is 2.67 bits per heavy atom. The van der Waals surface area contributed by atoms with Crippen LogP contribution in [0.4, 0.5) is 10.1 Å². The molecule has 0 atom stereocenters. The van der Waals surface area contributed by atoms with Crippen LogP contribution in [-0.2, 0) is 0 Å². The van der Waals surface area contributed by atoms with Crippen LogP contribution in [0.1, 0.15) is 29.9 Å². The van der Waals surface area contributed by atoms with Crippen molar-refractivity contribution in [2.24, 2.45) is 0 Å². The van der Waals surface area contributed by atoms with Crippen molar-refractivity contribution in [2.75, 3.05) is 5.32 Å². The zero-order valence-electron chi connectivity index (χ0n) is 11.3. The van der Waals surface area contributed by atoms with E-state index in [-0.39, 0.29) is 5.82 Å². The Hall–Kier alpha value is -2.05. The molecule has 0 unspecified atom stereocenters. The van der Waals surface area contributed by atoms with Gasteiger partial charge in [-0.1, -0.05) is 23.7 Å². The molecule has 0 radical (unpaired) electrons. The zero-order valence-corrected chi connectivity index (χ0v) is 12.1. The lowest BCUT2D eigenvalue weighted by Gasteiger charge is -2.37. The third-order valence-electron chi connectivity index (χ3n) is 3.92. The van der Waals surface area contributed by atoms with Crippen molar-refractivity contribution in [1.82, 2.24) is 0 Å². The number of rotatable bonds is 3. The first kappa shape index (κ1) is 13.9. The van der Waals surface area contributed by atoms with Crippen LogP contribution in [-0.4, -0.2) is 6.04 Å². The molecule has 21 heavy (non-hydrogen) atoms. The summed E-state index contributed by atoms with van der Waals surface area (Å²) in [6.07, 6.45) is 1.95. The molecule has 1 fully saturated rings. The third-order valence-corrected chi connectivity index (χ3v) is 4.23. The van der Waals surface area contributed by atoms with Gasteiger partial charge in [-0.2, -0.15) is 5.26 Å². The average Bonchev–Trinajstić information content (AvgIpc) is 2.42. The molecule has 106 valence electrons. The highest BCUT2D eigenvalue weighted by atomic mass is 35.5. The molecular weight excluding hydrogens is 287 g/mol. The first-order chi connectivity index (χ1) is 10.2. The van der Waals surface area contributed by atoms with E-state index in [1.807, 2.05) is 18.2 Å². The second-order valence-corrected chi connectivity index (χ2v) is 5.78. The molecule has 2 aromatic carbocycles. The lowest BCUT2D eigenvalue weighted by atomic mass is 9.76. The average molecular weight is 301 g/mol. The van der Waals surface area contributed by atoms with Crippen molar-refractivity contribution in [3.05, 3.63) is 64.4 Å². The molecule has 4 heteroatoms. The van der Waals surface area contributed by atoms with Crippen molar-refractivity contribution >= 4 is 17.3 Å². The Labute approximate surface area is 128 Å². The maximum atomic E-state index is 13.2. The highest BCUT2D eigenvalue weighted by Crippen LogP contribution is 2.38. The van der Waals surface area contributed by atoms with Crippen molar-refractivity contribution in [1.29, 1.82) is 5.26 Å². The van der Waals surface area contributed by atoms with E-state index in [2.05, 4.69) is 5.32 Å². The van der Waals surface area contributed by atoms with Gasteiger partial charge in [0.25, 0.3) is 0 Å². The zero-order chi connectivity index (χ0) is 14.8. The van der Waals surface area contributed by atoms with E-state index in [0.717, 1.165) is 24.1 Å². The van der Waals surface area contributed by atoms with E-state index in [1.54, 1.807) is 24.3 Å². The molecule has 1 saturated carbocycles. The summed E-state index contributed by atoms with van der Waals surface area (Å²) in [5.41, 5.74) is 2.46. The predicted octanol–water partition coefficient (Wildman–Crippen LogP) is 4.71. The van der Waals surface area contributed by atoms with Gasteiger partial charge in [-0.05, 0) is 54.7 Å². The highest BCUT2D eigenvalue weighted by Gasteiger charge is 2.30. The Morgan fingerprint density at radius 1 is 1.19 bits per heavy atom. The summed E-state index contributed by atoms with van der Waals surface area (Å²) in [6.45, 7) is 0. The van der Waals surface area contributed by atoms with Crippen LogP contribution in [0.3, 0.4) is 0 Å². The van der Waals surface area contributed by atoms with Gasteiger partial charge in [-0.3, -0.25) is 0 Å². The molecule has 1 aliphatic rings. The van der Waals surface area contributed by atoms with Crippen LogP contribution >= 0.6 is 11.6 Å². The summed E-state index contributed by atoms with van der Waals surface area (Å²) in [7, 11) is 0. The Kier molecular flexibility index (Phi) is 3.81. The number of hydrogen-bond acceptors (Lipinski definition) is 2. The van der Waals surface area contributed by atoms with Crippen molar-refractivity contribution in [3.8, 4) is 6.07 Å². The van der Waals surface area contributed by atoms with Crippen LogP contribution in [0.2, 0.25) is 5.02 Å². The van der Waals surface area contributed by atoms with Crippen LogP contribution < -0.4 is 5.32 Å². The first-order valence-electron chi connectivity index (χ1n) is 6.87. The Balaban J connectivity index is 1.60. The maximum Gasteiger partial charge on any atom is 0.123 e. The van der Waals surface area contributed by atoms with Gasteiger partial charge < -0.3 is 5.32 Å². The molecule has 0 saturated heterocycles. The fourth-order valence-corrected chi connectivity index (χ4v) is 2.92. The summed E-state index contributed by atoms with van der Waals surface area (Å²) in [5.74, 6) is 0.231. The molecular formula is C17H14ClFN2. The van der Waals surface area contributed by atoms with Gasteiger partial charge in [0.2, 0.25) is 0 Å². The number of halogens is 2. The number of hydrogen-bond donors (Lipinski definition) is 1. The number of nitriles is 1. The molecule has 0 heterocycles. The summed E-state index contributed by atoms with van der Waals surface area (Å²) in [5, 5.41) is 12.7. The molecule has 0 bridgehead atoms.